The van der Waals surface area contributed by atoms with E-state index in [-0.39, 0.29) is 16.2 Å². The van der Waals surface area contributed by atoms with E-state index in [0.29, 0.717) is 17.5 Å². The second-order valence-electron chi connectivity index (χ2n) is 25.4. The van der Waals surface area contributed by atoms with E-state index in [1.54, 1.807) is 0 Å². The maximum absolute atomic E-state index is 5.47. The lowest BCUT2D eigenvalue weighted by atomic mass is 9.83. The lowest BCUT2D eigenvalue weighted by Gasteiger charge is -2.36. The number of hydrogen-bond donors (Lipinski definition) is 0. The summed E-state index contributed by atoms with van der Waals surface area (Å²) in [4.78, 5) is 21.2. The second-order valence-corrected chi connectivity index (χ2v) is 25.4. The van der Waals surface area contributed by atoms with Gasteiger partial charge in [-0.25, -0.2) is 15.0 Å². The summed E-state index contributed by atoms with van der Waals surface area (Å²) in [6.07, 6.45) is 0. The highest BCUT2D eigenvalue weighted by Gasteiger charge is 2.31. The van der Waals surface area contributed by atoms with Gasteiger partial charge in [-0.1, -0.05) is 244 Å². The minimum absolute atomic E-state index is 0.0187. The number of para-hydroxylation sites is 1. The van der Waals surface area contributed by atoms with Crippen molar-refractivity contribution in [2.45, 2.75) is 78.6 Å². The number of hydrogen-bond acceptors (Lipinski definition) is 5. The fourth-order valence-electron chi connectivity index (χ4n) is 11.8. The van der Waals surface area contributed by atoms with E-state index in [4.69, 9.17) is 15.0 Å². The molecule has 12 aromatic carbocycles. The van der Waals surface area contributed by atoms with E-state index in [1.165, 1.54) is 27.5 Å². The van der Waals surface area contributed by atoms with Crippen molar-refractivity contribution in [2.75, 3.05) is 9.80 Å². The predicted molar refractivity (Wildman–Crippen MR) is 357 cm³/mol. The van der Waals surface area contributed by atoms with Crippen molar-refractivity contribution in [3.63, 3.8) is 0 Å². The number of nitrogens with zero attached hydrogens (tertiary/aromatic N) is 5. The van der Waals surface area contributed by atoms with Gasteiger partial charge in [0.1, 0.15) is 0 Å². The zero-order valence-electron chi connectivity index (χ0n) is 49.5. The highest BCUT2D eigenvalue weighted by atomic mass is 15.2. The topological polar surface area (TPSA) is 45.2 Å². The van der Waals surface area contributed by atoms with E-state index in [9.17, 15) is 0 Å². The van der Waals surface area contributed by atoms with Crippen LogP contribution in [0.3, 0.4) is 0 Å². The maximum Gasteiger partial charge on any atom is 0.164 e. The summed E-state index contributed by atoms with van der Waals surface area (Å²) in [6.45, 7) is 20.7. The molecule has 0 radical (unpaired) electrons. The SMILES string of the molecule is CC(C)(C)c1ccc(N(c2ccccc2)c2cc(C(C)(C)C)cc(N(c3ccc(C(C)(C)C)cc3)c3ccc(-c4nc(-c5ccc6ccccc6c5)nc(-c5cccc6ccccc56)n4)c4ccccc34)c2-c2ccc3ccccc3c2)cc1. The lowest BCUT2D eigenvalue weighted by Crippen LogP contribution is -2.20. The van der Waals surface area contributed by atoms with Gasteiger partial charge in [-0.05, 0) is 149 Å². The fourth-order valence-corrected chi connectivity index (χ4v) is 11.8. The highest BCUT2D eigenvalue weighted by Crippen LogP contribution is 2.53. The van der Waals surface area contributed by atoms with Gasteiger partial charge in [0.2, 0.25) is 0 Å². The molecule has 0 fully saturated rings. The van der Waals surface area contributed by atoms with Gasteiger partial charge in [-0.15, -0.1) is 0 Å². The van der Waals surface area contributed by atoms with Gasteiger partial charge in [-0.2, -0.15) is 0 Å². The van der Waals surface area contributed by atoms with Gasteiger partial charge in [0, 0.05) is 44.7 Å². The summed E-state index contributed by atoms with van der Waals surface area (Å²) in [5.74, 6) is 1.84. The molecule has 5 heteroatoms. The Hall–Kier alpha value is -9.71. The van der Waals surface area contributed by atoms with Crippen LogP contribution in [0.4, 0.5) is 34.1 Å². The van der Waals surface area contributed by atoms with E-state index in [0.717, 1.165) is 94.3 Å². The molecule has 0 amide bonds. The molecule has 13 aromatic rings. The Morgan fingerprint density at radius 2 is 0.690 bits per heavy atom. The smallest absolute Gasteiger partial charge is 0.164 e. The van der Waals surface area contributed by atoms with Crippen LogP contribution < -0.4 is 9.80 Å². The van der Waals surface area contributed by atoms with Crippen LogP contribution in [-0.4, -0.2) is 15.0 Å². The van der Waals surface area contributed by atoms with E-state index < -0.39 is 0 Å². The molecular weight excluding hydrogens is 1020 g/mol. The molecule has 0 saturated heterocycles. The largest absolute Gasteiger partial charge is 0.310 e. The van der Waals surface area contributed by atoms with Crippen LogP contribution in [0.15, 0.2) is 255 Å². The molecule has 0 spiro atoms. The first kappa shape index (κ1) is 53.6. The number of anilines is 6. The predicted octanol–water partition coefficient (Wildman–Crippen LogP) is 22.0. The molecule has 0 bridgehead atoms. The van der Waals surface area contributed by atoms with Crippen LogP contribution >= 0.6 is 0 Å². The van der Waals surface area contributed by atoms with Crippen LogP contribution in [0.25, 0.3) is 88.4 Å². The maximum atomic E-state index is 5.47. The van der Waals surface area contributed by atoms with E-state index >= 15 is 0 Å². The monoisotopic (exact) mass is 1090 g/mol. The molecule has 410 valence electrons. The molecule has 84 heavy (non-hydrogen) atoms. The molecule has 1 heterocycles. The molecule has 0 aliphatic heterocycles. The van der Waals surface area contributed by atoms with Crippen LogP contribution in [0.5, 0.6) is 0 Å². The number of fused-ring (bicyclic) bond motifs is 4. The Morgan fingerprint density at radius 3 is 1.27 bits per heavy atom. The third-order valence-electron chi connectivity index (χ3n) is 16.5. The molecule has 0 saturated carbocycles. The number of benzene rings is 12. The van der Waals surface area contributed by atoms with Crippen LogP contribution in [0.1, 0.15) is 79.0 Å². The molecule has 0 aliphatic rings. The van der Waals surface area contributed by atoms with Gasteiger partial charge in [-0.3, -0.25) is 0 Å². The van der Waals surface area contributed by atoms with Crippen molar-refractivity contribution in [3.8, 4) is 45.3 Å². The minimum Gasteiger partial charge on any atom is -0.310 e. The molecule has 13 rings (SSSR count). The first-order valence-electron chi connectivity index (χ1n) is 29.3. The van der Waals surface area contributed by atoms with Crippen molar-refractivity contribution in [2.24, 2.45) is 0 Å². The number of aromatic nitrogens is 3. The Morgan fingerprint density at radius 1 is 0.262 bits per heavy atom. The summed E-state index contributed by atoms with van der Waals surface area (Å²) >= 11 is 0. The first-order valence-corrected chi connectivity index (χ1v) is 29.3. The standard InChI is InChI=1S/C79H69N5/c1-77(2,3)59-38-42-63(43-39-59)83(62-28-11-10-12-29-62)71-50-61(79(7,8)9)51-72(73(71)57-36-34-52-22-13-15-25-55(52)48-57)84(64-44-40-60(41-45-64)78(4,5)6)70-47-46-69(66-31-19-20-32-67(66)70)76-81-74(58-37-35-53-23-14-16-26-56(53)49-58)80-75(82-76)68-33-21-27-54-24-17-18-30-65(54)68/h10-51H,1-9H3. The third-order valence-corrected chi connectivity index (χ3v) is 16.5. The zero-order valence-corrected chi connectivity index (χ0v) is 49.5. The number of rotatable bonds is 10. The summed E-state index contributed by atoms with van der Waals surface area (Å²) in [7, 11) is 0. The fraction of sp³-hybridized carbons (Fsp3) is 0.152. The van der Waals surface area contributed by atoms with Crippen LogP contribution in [0, 0.1) is 0 Å². The molecular formula is C79H69N5. The van der Waals surface area contributed by atoms with Crippen molar-refractivity contribution < 1.29 is 0 Å². The molecule has 0 unspecified atom stereocenters. The Labute approximate surface area is 494 Å². The lowest BCUT2D eigenvalue weighted by molar-refractivity contribution is 0.589. The zero-order chi connectivity index (χ0) is 57.9. The average molecular weight is 1090 g/mol. The van der Waals surface area contributed by atoms with Crippen molar-refractivity contribution >= 4 is 77.2 Å². The summed E-state index contributed by atoms with van der Waals surface area (Å²) in [5, 5.41) is 8.94. The summed E-state index contributed by atoms with van der Waals surface area (Å²) in [6, 6.07) is 93.0. The average Bonchev–Trinajstić information content (AvgIpc) is 1.31. The molecule has 0 N–H and O–H groups in total. The first-order chi connectivity index (χ1) is 40.5. The highest BCUT2D eigenvalue weighted by molar-refractivity contribution is 6.09. The molecule has 0 atom stereocenters. The van der Waals surface area contributed by atoms with Gasteiger partial charge in [0.15, 0.2) is 17.5 Å². The Balaban J connectivity index is 1.11. The summed E-state index contributed by atoms with van der Waals surface area (Å²) < 4.78 is 0. The summed E-state index contributed by atoms with van der Waals surface area (Å²) in [5.41, 5.74) is 14.7. The van der Waals surface area contributed by atoms with Crippen LogP contribution in [0.2, 0.25) is 0 Å². The molecule has 5 nitrogen and oxygen atoms in total. The molecule has 0 aliphatic carbocycles. The van der Waals surface area contributed by atoms with Crippen LogP contribution in [-0.2, 0) is 16.2 Å². The van der Waals surface area contributed by atoms with E-state index in [2.05, 4.69) is 327 Å². The quantitative estimate of drug-likeness (QED) is 0.137. The Bertz CT molecular complexity index is 4590. The molecule has 1 aromatic heterocycles. The Kier molecular flexibility index (Phi) is 13.5. The van der Waals surface area contributed by atoms with Crippen molar-refractivity contribution in [1.29, 1.82) is 0 Å². The minimum atomic E-state index is -0.263. The van der Waals surface area contributed by atoms with Gasteiger partial charge < -0.3 is 9.80 Å². The normalized spacial score (nSPS) is 12.1. The second kappa shape index (κ2) is 21.2. The van der Waals surface area contributed by atoms with Crippen molar-refractivity contribution in [3.05, 3.63) is 271 Å². The van der Waals surface area contributed by atoms with Gasteiger partial charge >= 0.3 is 0 Å². The van der Waals surface area contributed by atoms with E-state index in [1.807, 2.05) is 0 Å². The van der Waals surface area contributed by atoms with Gasteiger partial charge in [0.25, 0.3) is 0 Å². The third kappa shape index (κ3) is 10.3. The van der Waals surface area contributed by atoms with Crippen molar-refractivity contribution in [1.82, 2.24) is 15.0 Å². The van der Waals surface area contributed by atoms with Gasteiger partial charge in [0.05, 0.1) is 17.1 Å².